The lowest BCUT2D eigenvalue weighted by Gasteiger charge is -2.27. The summed E-state index contributed by atoms with van der Waals surface area (Å²) in [6.45, 7) is 11.4. The smallest absolute Gasteiger partial charge is 0.304 e. The fourth-order valence-electron chi connectivity index (χ4n) is 6.30. The van der Waals surface area contributed by atoms with E-state index in [0.29, 0.717) is 15.9 Å². The monoisotopic (exact) mass is 519 g/mol. The maximum absolute atomic E-state index is 15.2. The topological polar surface area (TPSA) is 76.4 Å². The van der Waals surface area contributed by atoms with Gasteiger partial charge in [-0.2, -0.15) is 0 Å². The molecule has 3 unspecified atom stereocenters. The van der Waals surface area contributed by atoms with Crippen LogP contribution in [-0.2, 0) is 14.6 Å². The molecular formula is C27H31ClFNO4S. The van der Waals surface area contributed by atoms with Crippen molar-refractivity contribution in [2.45, 2.75) is 70.7 Å². The van der Waals surface area contributed by atoms with E-state index in [1.165, 1.54) is 13.0 Å². The number of nitrogens with zero attached hydrogens (tertiary/aromatic N) is 1. The molecule has 0 amide bonds. The molecule has 188 valence electrons. The summed E-state index contributed by atoms with van der Waals surface area (Å²) in [7, 11) is -3.81. The first kappa shape index (κ1) is 25.7. The van der Waals surface area contributed by atoms with E-state index in [0.717, 1.165) is 34.2 Å². The van der Waals surface area contributed by atoms with Crippen molar-refractivity contribution in [1.82, 2.24) is 4.57 Å². The second kappa shape index (κ2) is 8.63. The van der Waals surface area contributed by atoms with Crippen molar-refractivity contribution in [3.63, 3.8) is 0 Å². The Morgan fingerprint density at radius 1 is 1.17 bits per heavy atom. The number of carboxylic acid groups (broad SMARTS) is 1. The molecule has 2 aromatic carbocycles. The number of hydrogen-bond acceptors (Lipinski definition) is 3. The van der Waals surface area contributed by atoms with Crippen molar-refractivity contribution in [3.05, 3.63) is 62.6 Å². The van der Waals surface area contributed by atoms with Crippen molar-refractivity contribution in [1.29, 1.82) is 0 Å². The molecule has 8 heteroatoms. The van der Waals surface area contributed by atoms with Crippen molar-refractivity contribution >= 4 is 38.3 Å². The van der Waals surface area contributed by atoms with Crippen LogP contribution in [0.1, 0.15) is 78.6 Å². The molecule has 0 saturated heterocycles. The summed E-state index contributed by atoms with van der Waals surface area (Å²) < 4.78 is 43.2. The molecule has 0 aliphatic heterocycles. The minimum absolute atomic E-state index is 0.00240. The van der Waals surface area contributed by atoms with Gasteiger partial charge in [-0.1, -0.05) is 25.4 Å². The molecule has 35 heavy (non-hydrogen) atoms. The lowest BCUT2D eigenvalue weighted by atomic mass is 9.87. The second-order valence-corrected chi connectivity index (χ2v) is 12.5. The highest BCUT2D eigenvalue weighted by molar-refractivity contribution is 7.91. The first-order valence-electron chi connectivity index (χ1n) is 11.7. The molecule has 1 aromatic heterocycles. The number of rotatable bonds is 5. The molecule has 0 spiro atoms. The van der Waals surface area contributed by atoms with Crippen LogP contribution in [0.15, 0.2) is 23.1 Å². The number of aryl methyl sites for hydroxylation is 2. The number of aliphatic carboxylic acids is 1. The van der Waals surface area contributed by atoms with Crippen LogP contribution in [0, 0.1) is 32.5 Å². The summed E-state index contributed by atoms with van der Waals surface area (Å²) >= 11 is 6.29. The van der Waals surface area contributed by atoms with Gasteiger partial charge < -0.3 is 9.67 Å². The van der Waals surface area contributed by atoms with Gasteiger partial charge in [0, 0.05) is 33.8 Å². The van der Waals surface area contributed by atoms with Crippen LogP contribution in [0.4, 0.5) is 4.39 Å². The standard InChI is InChI=1S/C27H31ClFNO4S/c1-12-8-18(28)9-13(2)23(12)17(6)30-25-19(11-22(31)32)14(3)15(4)24(25)20-10-21(29)16(5)27(26(20)30)35(7,33)34/h8-10,14-15,17,19H,11H2,1-7H3,(H,31,32)/t14?,15?,17?,19-/m0/s1. The molecule has 0 fully saturated rings. The second-order valence-electron chi connectivity index (χ2n) is 10.1. The van der Waals surface area contributed by atoms with E-state index in [9.17, 15) is 18.3 Å². The van der Waals surface area contributed by atoms with E-state index in [2.05, 4.69) is 0 Å². The van der Waals surface area contributed by atoms with Crippen molar-refractivity contribution in [2.75, 3.05) is 6.26 Å². The highest BCUT2D eigenvalue weighted by Crippen LogP contribution is 2.54. The van der Waals surface area contributed by atoms with Gasteiger partial charge in [0.15, 0.2) is 9.84 Å². The summed E-state index contributed by atoms with van der Waals surface area (Å²) in [6.07, 6.45) is 1.01. The van der Waals surface area contributed by atoms with Gasteiger partial charge in [-0.05, 0) is 80.0 Å². The molecule has 0 bridgehead atoms. The molecule has 1 heterocycles. The molecule has 4 atom stereocenters. The van der Waals surface area contributed by atoms with Crippen LogP contribution >= 0.6 is 11.6 Å². The molecule has 5 nitrogen and oxygen atoms in total. The van der Waals surface area contributed by atoms with Crippen LogP contribution in [0.25, 0.3) is 10.9 Å². The van der Waals surface area contributed by atoms with Gasteiger partial charge in [0.2, 0.25) is 0 Å². The largest absolute Gasteiger partial charge is 0.481 e. The Balaban J connectivity index is 2.23. The summed E-state index contributed by atoms with van der Waals surface area (Å²) in [5.74, 6) is -1.90. The van der Waals surface area contributed by atoms with E-state index in [1.54, 1.807) is 0 Å². The number of benzene rings is 2. The van der Waals surface area contributed by atoms with Gasteiger partial charge in [0.25, 0.3) is 0 Å². The highest BCUT2D eigenvalue weighted by Gasteiger charge is 2.43. The van der Waals surface area contributed by atoms with Gasteiger partial charge in [0.05, 0.1) is 22.9 Å². The molecule has 1 aliphatic rings. The number of carbonyl (C=O) groups is 1. The van der Waals surface area contributed by atoms with Gasteiger partial charge >= 0.3 is 5.97 Å². The zero-order chi connectivity index (χ0) is 26.1. The van der Waals surface area contributed by atoms with E-state index >= 15 is 4.39 Å². The molecule has 1 aliphatic carbocycles. The minimum atomic E-state index is -3.81. The maximum atomic E-state index is 15.2. The van der Waals surface area contributed by atoms with Gasteiger partial charge in [-0.15, -0.1) is 0 Å². The van der Waals surface area contributed by atoms with E-state index in [-0.39, 0.29) is 40.7 Å². The predicted octanol–water partition coefficient (Wildman–Crippen LogP) is 6.68. The fraction of sp³-hybridized carbons (Fsp3) is 0.444. The lowest BCUT2D eigenvalue weighted by molar-refractivity contribution is -0.137. The number of hydrogen-bond donors (Lipinski definition) is 1. The molecular weight excluding hydrogens is 489 g/mol. The Bertz CT molecular complexity index is 1470. The van der Waals surface area contributed by atoms with Crippen molar-refractivity contribution in [3.8, 4) is 0 Å². The molecule has 3 aromatic rings. The van der Waals surface area contributed by atoms with Crippen LogP contribution < -0.4 is 0 Å². The zero-order valence-electron chi connectivity index (χ0n) is 21.0. The van der Waals surface area contributed by atoms with Crippen molar-refractivity contribution < 1.29 is 22.7 Å². The number of aromatic nitrogens is 1. The van der Waals surface area contributed by atoms with Crippen LogP contribution in [0.3, 0.4) is 0 Å². The Hall–Kier alpha value is -2.38. The van der Waals surface area contributed by atoms with E-state index in [4.69, 9.17) is 11.6 Å². The first-order chi connectivity index (χ1) is 16.2. The normalized spacial score (nSPS) is 20.9. The summed E-state index contributed by atoms with van der Waals surface area (Å²) in [6, 6.07) is 4.83. The Morgan fingerprint density at radius 3 is 2.26 bits per heavy atom. The first-order valence-corrected chi connectivity index (χ1v) is 14.0. The van der Waals surface area contributed by atoms with Crippen LogP contribution in [-0.4, -0.2) is 30.3 Å². The fourth-order valence-corrected chi connectivity index (χ4v) is 7.84. The number of carboxylic acids is 1. The predicted molar refractivity (Wildman–Crippen MR) is 137 cm³/mol. The summed E-state index contributed by atoms with van der Waals surface area (Å²) in [5.41, 5.74) is 5.05. The van der Waals surface area contributed by atoms with Crippen LogP contribution in [0.2, 0.25) is 5.02 Å². The lowest BCUT2D eigenvalue weighted by Crippen LogP contribution is -2.20. The minimum Gasteiger partial charge on any atom is -0.481 e. The molecule has 0 radical (unpaired) electrons. The Labute approximate surface area is 210 Å². The van der Waals surface area contributed by atoms with E-state index in [1.807, 2.05) is 51.3 Å². The third-order valence-electron chi connectivity index (χ3n) is 7.87. The van der Waals surface area contributed by atoms with Gasteiger partial charge in [0.1, 0.15) is 5.82 Å². The van der Waals surface area contributed by atoms with Crippen molar-refractivity contribution in [2.24, 2.45) is 5.92 Å². The van der Waals surface area contributed by atoms with Gasteiger partial charge in [-0.25, -0.2) is 12.8 Å². The Morgan fingerprint density at radius 2 is 1.74 bits per heavy atom. The third kappa shape index (κ3) is 3.97. The molecule has 4 rings (SSSR count). The highest BCUT2D eigenvalue weighted by atomic mass is 35.5. The number of halogens is 2. The van der Waals surface area contributed by atoms with Crippen LogP contribution in [0.5, 0.6) is 0 Å². The average Bonchev–Trinajstić information content (AvgIpc) is 3.14. The third-order valence-corrected chi connectivity index (χ3v) is 9.32. The summed E-state index contributed by atoms with van der Waals surface area (Å²) in [5, 5.41) is 10.9. The number of sulfone groups is 1. The molecule has 0 saturated carbocycles. The number of fused-ring (bicyclic) bond motifs is 3. The van der Waals surface area contributed by atoms with Gasteiger partial charge in [-0.3, -0.25) is 4.79 Å². The zero-order valence-corrected chi connectivity index (χ0v) is 22.6. The summed E-state index contributed by atoms with van der Waals surface area (Å²) in [4.78, 5) is 11.8. The Kier molecular flexibility index (Phi) is 6.34. The average molecular weight is 520 g/mol. The maximum Gasteiger partial charge on any atom is 0.304 e. The molecule has 1 N–H and O–H groups in total. The quantitative estimate of drug-likeness (QED) is 0.407. The van der Waals surface area contributed by atoms with E-state index < -0.39 is 21.6 Å². The SMILES string of the molecule is Cc1cc(Cl)cc(C)c1C(C)n1c2c(c3cc(F)c(C)c(S(C)(=O)=O)c31)C(C)C(C)[C@@H]2CC(=O)O.